The molecule has 0 aromatic heterocycles. The summed E-state index contributed by atoms with van der Waals surface area (Å²) in [5, 5.41) is 10.6. The second kappa shape index (κ2) is 4.80. The third kappa shape index (κ3) is 3.18. The van der Waals surface area contributed by atoms with Crippen LogP contribution in [0.15, 0.2) is 23.1 Å². The van der Waals surface area contributed by atoms with E-state index in [4.69, 9.17) is 10.7 Å². The van der Waals surface area contributed by atoms with Gasteiger partial charge in [-0.2, -0.15) is 0 Å². The first kappa shape index (κ1) is 12.9. The van der Waals surface area contributed by atoms with Gasteiger partial charge in [-0.25, -0.2) is 8.42 Å². The molecule has 0 N–H and O–H groups in total. The summed E-state index contributed by atoms with van der Waals surface area (Å²) in [7, 11) is 1.23. The summed E-state index contributed by atoms with van der Waals surface area (Å²) in [6.45, 7) is 1.90. The molecule has 0 radical (unpaired) electrons. The van der Waals surface area contributed by atoms with Gasteiger partial charge < -0.3 is 0 Å². The fourth-order valence-corrected chi connectivity index (χ4v) is 2.14. The summed E-state index contributed by atoms with van der Waals surface area (Å²) in [6, 6.07) is 3.68. The first-order valence-electron chi connectivity index (χ1n) is 4.57. The predicted octanol–water partition coefficient (Wildman–Crippen LogP) is 2.47. The molecule has 0 saturated carbocycles. The van der Waals surface area contributed by atoms with E-state index in [0.717, 1.165) is 12.5 Å². The first-order valence-corrected chi connectivity index (χ1v) is 6.88. The number of nitrogens with zero attached hydrogens (tertiary/aromatic N) is 1. The molecule has 0 aliphatic heterocycles. The highest BCUT2D eigenvalue weighted by molar-refractivity contribution is 8.13. The lowest BCUT2D eigenvalue weighted by Gasteiger charge is -2.02. The fraction of sp³-hybridized carbons (Fsp3) is 0.333. The van der Waals surface area contributed by atoms with Crippen molar-refractivity contribution in [3.05, 3.63) is 33.9 Å². The van der Waals surface area contributed by atoms with Crippen LogP contribution in [0.5, 0.6) is 0 Å². The molecule has 0 amide bonds. The molecule has 1 aromatic carbocycles. The van der Waals surface area contributed by atoms with Crippen LogP contribution in [-0.4, -0.2) is 13.3 Å². The number of non-ortho nitro benzene ring substituents is 1. The van der Waals surface area contributed by atoms with Gasteiger partial charge in [0.1, 0.15) is 0 Å². The van der Waals surface area contributed by atoms with Gasteiger partial charge in [-0.05, 0) is 18.1 Å². The van der Waals surface area contributed by atoms with Crippen molar-refractivity contribution in [2.75, 3.05) is 0 Å². The maximum absolute atomic E-state index is 11.1. The molecule has 0 aliphatic rings. The normalized spacial score (nSPS) is 11.4. The molecule has 0 aliphatic carbocycles. The fourth-order valence-electron chi connectivity index (χ4n) is 1.32. The van der Waals surface area contributed by atoms with Crippen LogP contribution in [0, 0.1) is 10.1 Å². The van der Waals surface area contributed by atoms with E-state index >= 15 is 0 Å². The third-order valence-corrected chi connectivity index (χ3v) is 3.32. The lowest BCUT2D eigenvalue weighted by Crippen LogP contribution is -1.97. The molecule has 88 valence electrons. The summed E-state index contributed by atoms with van der Waals surface area (Å²) in [6.07, 6.45) is 1.34. The number of hydrogen-bond donors (Lipinski definition) is 0. The molecule has 1 rings (SSSR count). The van der Waals surface area contributed by atoms with Crippen molar-refractivity contribution in [2.24, 2.45) is 0 Å². The highest BCUT2D eigenvalue weighted by Crippen LogP contribution is 2.24. The molecule has 0 atom stereocenters. The molecule has 0 unspecified atom stereocenters. The van der Waals surface area contributed by atoms with Crippen molar-refractivity contribution < 1.29 is 13.3 Å². The molecule has 5 nitrogen and oxygen atoms in total. The van der Waals surface area contributed by atoms with Crippen molar-refractivity contribution in [1.29, 1.82) is 0 Å². The van der Waals surface area contributed by atoms with Crippen LogP contribution >= 0.6 is 10.7 Å². The van der Waals surface area contributed by atoms with Crippen LogP contribution in [0.1, 0.15) is 18.9 Å². The van der Waals surface area contributed by atoms with E-state index in [-0.39, 0.29) is 10.6 Å². The highest BCUT2D eigenvalue weighted by atomic mass is 35.7. The summed E-state index contributed by atoms with van der Waals surface area (Å²) < 4.78 is 22.2. The Morgan fingerprint density at radius 1 is 1.38 bits per heavy atom. The largest absolute Gasteiger partial charge is 0.271 e. The minimum Gasteiger partial charge on any atom is -0.258 e. The Morgan fingerprint density at radius 3 is 2.44 bits per heavy atom. The third-order valence-electron chi connectivity index (χ3n) is 1.98. The van der Waals surface area contributed by atoms with Gasteiger partial charge in [-0.15, -0.1) is 0 Å². The topological polar surface area (TPSA) is 77.3 Å². The van der Waals surface area contributed by atoms with E-state index in [2.05, 4.69) is 0 Å². The van der Waals surface area contributed by atoms with Crippen LogP contribution in [0.4, 0.5) is 5.69 Å². The van der Waals surface area contributed by atoms with Crippen LogP contribution in [0.2, 0.25) is 0 Å². The second-order valence-electron chi connectivity index (χ2n) is 3.28. The zero-order valence-electron chi connectivity index (χ0n) is 8.51. The summed E-state index contributed by atoms with van der Waals surface area (Å²) >= 11 is 0. The van der Waals surface area contributed by atoms with E-state index in [1.54, 1.807) is 0 Å². The zero-order chi connectivity index (χ0) is 12.3. The second-order valence-corrected chi connectivity index (χ2v) is 5.85. The Labute approximate surface area is 97.6 Å². The summed E-state index contributed by atoms with van der Waals surface area (Å²) in [4.78, 5) is 9.74. The number of benzene rings is 1. The molecule has 0 spiro atoms. The van der Waals surface area contributed by atoms with Crippen molar-refractivity contribution in [3.8, 4) is 0 Å². The Balaban J connectivity index is 3.35. The van der Waals surface area contributed by atoms with Gasteiger partial charge >= 0.3 is 0 Å². The van der Waals surface area contributed by atoms with E-state index in [1.807, 2.05) is 6.92 Å². The Kier molecular flexibility index (Phi) is 3.88. The lowest BCUT2D eigenvalue weighted by atomic mass is 10.1. The molecule has 0 heterocycles. The monoisotopic (exact) mass is 263 g/mol. The van der Waals surface area contributed by atoms with E-state index < -0.39 is 14.0 Å². The molecular weight excluding hydrogens is 254 g/mol. The van der Waals surface area contributed by atoms with Crippen LogP contribution in [-0.2, 0) is 15.5 Å². The standard InChI is InChI=1S/C9H10ClNO4S/c1-2-3-7-4-8(11(12)13)6-9(5-7)16(10,14)15/h4-6H,2-3H2,1H3. The van der Waals surface area contributed by atoms with Crippen molar-refractivity contribution in [1.82, 2.24) is 0 Å². The van der Waals surface area contributed by atoms with Gasteiger partial charge in [0.25, 0.3) is 14.7 Å². The number of hydrogen-bond acceptors (Lipinski definition) is 4. The smallest absolute Gasteiger partial charge is 0.258 e. The molecule has 0 fully saturated rings. The molecule has 1 aromatic rings. The van der Waals surface area contributed by atoms with Gasteiger partial charge in [-0.1, -0.05) is 13.3 Å². The Bertz CT molecular complexity index is 512. The minimum atomic E-state index is -3.93. The number of nitro benzene ring substituents is 1. The van der Waals surface area contributed by atoms with Crippen molar-refractivity contribution in [2.45, 2.75) is 24.7 Å². The zero-order valence-corrected chi connectivity index (χ0v) is 10.1. The van der Waals surface area contributed by atoms with E-state index in [9.17, 15) is 18.5 Å². The number of rotatable bonds is 4. The molecule has 16 heavy (non-hydrogen) atoms. The van der Waals surface area contributed by atoms with Crippen LogP contribution in [0.3, 0.4) is 0 Å². The van der Waals surface area contributed by atoms with Crippen molar-refractivity contribution in [3.63, 3.8) is 0 Å². The number of halogens is 1. The summed E-state index contributed by atoms with van der Waals surface area (Å²) in [5.41, 5.74) is 0.334. The molecule has 0 bridgehead atoms. The number of aryl methyl sites for hydroxylation is 1. The molecule has 0 saturated heterocycles. The average molecular weight is 264 g/mol. The maximum Gasteiger partial charge on any atom is 0.271 e. The average Bonchev–Trinajstić information content (AvgIpc) is 2.16. The summed E-state index contributed by atoms with van der Waals surface area (Å²) in [5.74, 6) is 0. The van der Waals surface area contributed by atoms with Gasteiger partial charge in [0.15, 0.2) is 0 Å². The van der Waals surface area contributed by atoms with Crippen LogP contribution < -0.4 is 0 Å². The Hall–Kier alpha value is -1.14. The quantitative estimate of drug-likeness (QED) is 0.475. The molecular formula is C9H10ClNO4S. The van der Waals surface area contributed by atoms with Crippen molar-refractivity contribution >= 4 is 25.4 Å². The van der Waals surface area contributed by atoms with E-state index in [0.29, 0.717) is 12.0 Å². The van der Waals surface area contributed by atoms with E-state index in [1.165, 1.54) is 12.1 Å². The maximum atomic E-state index is 11.1. The minimum absolute atomic E-state index is 0.230. The number of nitro groups is 1. The van der Waals surface area contributed by atoms with Gasteiger partial charge in [0.2, 0.25) is 0 Å². The van der Waals surface area contributed by atoms with Crippen LogP contribution in [0.25, 0.3) is 0 Å². The highest BCUT2D eigenvalue weighted by Gasteiger charge is 2.17. The Morgan fingerprint density at radius 2 is 2.00 bits per heavy atom. The van der Waals surface area contributed by atoms with Gasteiger partial charge in [0, 0.05) is 22.8 Å². The van der Waals surface area contributed by atoms with Gasteiger partial charge in [-0.3, -0.25) is 10.1 Å². The van der Waals surface area contributed by atoms with Gasteiger partial charge in [0.05, 0.1) is 9.82 Å². The molecule has 7 heteroatoms. The predicted molar refractivity (Wildman–Crippen MR) is 60.1 cm³/mol. The first-order chi connectivity index (χ1) is 7.34. The SMILES string of the molecule is CCCc1cc([N+](=O)[O-])cc(S(=O)(=O)Cl)c1. The lowest BCUT2D eigenvalue weighted by molar-refractivity contribution is -0.385.